The Hall–Kier alpha value is -2.48. The Morgan fingerprint density at radius 3 is 2.57 bits per heavy atom. The molecule has 0 spiro atoms. The molecule has 2 amide bonds. The van der Waals surface area contributed by atoms with Gasteiger partial charge in [0.1, 0.15) is 11.4 Å². The third kappa shape index (κ3) is 4.75. The first-order chi connectivity index (χ1) is 11.1. The van der Waals surface area contributed by atoms with Gasteiger partial charge in [-0.2, -0.15) is 0 Å². The number of halogens is 1. The van der Waals surface area contributed by atoms with E-state index >= 15 is 0 Å². The third-order valence-electron chi connectivity index (χ3n) is 2.90. The first-order valence-electron chi connectivity index (χ1n) is 6.77. The lowest BCUT2D eigenvalue weighted by Gasteiger charge is -2.10. The number of hydrogen-bond donors (Lipinski definition) is 2. The van der Waals surface area contributed by atoms with E-state index in [0.29, 0.717) is 11.3 Å². The standard InChI is InChI=1S/C15H15BrN4O3/c1-23-13-3-2-10(16)8-11(13)14(21)19-6-7-20-15(22)12-9-17-4-5-18-12/h2-5,8-9H,6-7H2,1H3,(H,19,21)(H,20,22). The number of aromatic nitrogens is 2. The van der Waals surface area contributed by atoms with Crippen LogP contribution in [0.1, 0.15) is 20.8 Å². The summed E-state index contributed by atoms with van der Waals surface area (Å²) in [5.74, 6) is -0.140. The number of ether oxygens (including phenoxy) is 1. The quantitative estimate of drug-likeness (QED) is 0.741. The van der Waals surface area contributed by atoms with Gasteiger partial charge >= 0.3 is 0 Å². The summed E-state index contributed by atoms with van der Waals surface area (Å²) in [6.45, 7) is 0.554. The lowest BCUT2D eigenvalue weighted by molar-refractivity contribution is 0.0923. The van der Waals surface area contributed by atoms with Gasteiger partial charge in [0, 0.05) is 30.0 Å². The van der Waals surface area contributed by atoms with Crippen LogP contribution in [0.25, 0.3) is 0 Å². The van der Waals surface area contributed by atoms with Gasteiger partial charge in [-0.1, -0.05) is 15.9 Å². The van der Waals surface area contributed by atoms with Crippen LogP contribution in [0, 0.1) is 0 Å². The van der Waals surface area contributed by atoms with Crippen molar-refractivity contribution in [1.29, 1.82) is 0 Å². The molecule has 2 aromatic rings. The third-order valence-corrected chi connectivity index (χ3v) is 3.39. The normalized spacial score (nSPS) is 10.0. The van der Waals surface area contributed by atoms with Crippen LogP contribution in [-0.2, 0) is 0 Å². The Balaban J connectivity index is 1.84. The fraction of sp³-hybridized carbons (Fsp3) is 0.200. The highest BCUT2D eigenvalue weighted by Crippen LogP contribution is 2.22. The number of nitrogens with zero attached hydrogens (tertiary/aromatic N) is 2. The molecule has 0 atom stereocenters. The molecule has 0 saturated heterocycles. The summed E-state index contributed by atoms with van der Waals surface area (Å²) in [6.07, 6.45) is 4.30. The largest absolute Gasteiger partial charge is 0.496 e. The van der Waals surface area contributed by atoms with E-state index in [1.165, 1.54) is 25.7 Å². The molecule has 0 fully saturated rings. The van der Waals surface area contributed by atoms with Crippen molar-refractivity contribution in [2.24, 2.45) is 0 Å². The van der Waals surface area contributed by atoms with Crippen molar-refractivity contribution in [1.82, 2.24) is 20.6 Å². The summed E-state index contributed by atoms with van der Waals surface area (Å²) >= 11 is 3.32. The van der Waals surface area contributed by atoms with Crippen LogP contribution in [0.15, 0.2) is 41.3 Å². The van der Waals surface area contributed by atoms with E-state index in [0.717, 1.165) is 4.47 Å². The SMILES string of the molecule is COc1ccc(Br)cc1C(=O)NCCNC(=O)c1cnccn1. The van der Waals surface area contributed by atoms with Crippen LogP contribution in [0.2, 0.25) is 0 Å². The second kappa shape index (κ2) is 8.23. The van der Waals surface area contributed by atoms with Crippen LogP contribution >= 0.6 is 15.9 Å². The molecule has 0 aliphatic heterocycles. The van der Waals surface area contributed by atoms with E-state index in [2.05, 4.69) is 36.5 Å². The van der Waals surface area contributed by atoms with Gasteiger partial charge < -0.3 is 15.4 Å². The monoisotopic (exact) mass is 378 g/mol. The van der Waals surface area contributed by atoms with Crippen molar-refractivity contribution in [3.8, 4) is 5.75 Å². The molecule has 0 aliphatic carbocycles. The summed E-state index contributed by atoms with van der Waals surface area (Å²) in [7, 11) is 1.50. The van der Waals surface area contributed by atoms with Gasteiger partial charge in [-0.25, -0.2) is 4.98 Å². The van der Waals surface area contributed by atoms with Crippen LogP contribution in [-0.4, -0.2) is 42.0 Å². The Kier molecular flexibility index (Phi) is 6.04. The molecule has 1 aromatic carbocycles. The van der Waals surface area contributed by atoms with Gasteiger partial charge in [-0.05, 0) is 18.2 Å². The number of benzene rings is 1. The van der Waals surface area contributed by atoms with Gasteiger partial charge in [0.05, 0.1) is 18.9 Å². The average molecular weight is 379 g/mol. The number of carbonyl (C=O) groups is 2. The molecule has 1 aromatic heterocycles. The van der Waals surface area contributed by atoms with Crippen LogP contribution in [0.5, 0.6) is 5.75 Å². The second-order valence-electron chi connectivity index (χ2n) is 4.45. The molecule has 8 heteroatoms. The lowest BCUT2D eigenvalue weighted by Crippen LogP contribution is -2.35. The fourth-order valence-electron chi connectivity index (χ4n) is 1.81. The molecular weight excluding hydrogens is 364 g/mol. The van der Waals surface area contributed by atoms with E-state index in [9.17, 15) is 9.59 Å². The van der Waals surface area contributed by atoms with Gasteiger partial charge in [0.2, 0.25) is 0 Å². The predicted molar refractivity (Wildman–Crippen MR) is 87.4 cm³/mol. The van der Waals surface area contributed by atoms with Crippen molar-refractivity contribution in [3.05, 3.63) is 52.5 Å². The Morgan fingerprint density at radius 2 is 1.91 bits per heavy atom. The van der Waals surface area contributed by atoms with Gasteiger partial charge in [0.25, 0.3) is 11.8 Å². The van der Waals surface area contributed by atoms with E-state index in [1.807, 2.05) is 0 Å². The maximum absolute atomic E-state index is 12.1. The van der Waals surface area contributed by atoms with Crippen molar-refractivity contribution in [2.45, 2.75) is 0 Å². The number of carbonyl (C=O) groups excluding carboxylic acids is 2. The van der Waals surface area contributed by atoms with Crippen molar-refractivity contribution in [3.63, 3.8) is 0 Å². The maximum Gasteiger partial charge on any atom is 0.271 e. The molecule has 0 unspecified atom stereocenters. The summed E-state index contributed by atoms with van der Waals surface area (Å²) < 4.78 is 5.93. The number of amides is 2. The molecule has 1 heterocycles. The topological polar surface area (TPSA) is 93.2 Å². The zero-order chi connectivity index (χ0) is 16.7. The van der Waals surface area contributed by atoms with E-state index in [4.69, 9.17) is 4.74 Å². The maximum atomic E-state index is 12.1. The highest BCUT2D eigenvalue weighted by atomic mass is 79.9. The minimum Gasteiger partial charge on any atom is -0.496 e. The van der Waals surface area contributed by atoms with Crippen LogP contribution in [0.3, 0.4) is 0 Å². The fourth-order valence-corrected chi connectivity index (χ4v) is 2.17. The molecular formula is C15H15BrN4O3. The van der Waals surface area contributed by atoms with Gasteiger partial charge in [-0.3, -0.25) is 14.6 Å². The highest BCUT2D eigenvalue weighted by Gasteiger charge is 2.12. The van der Waals surface area contributed by atoms with Crippen LogP contribution in [0.4, 0.5) is 0 Å². The predicted octanol–water partition coefficient (Wildman–Crippen LogP) is 1.41. The number of rotatable bonds is 6. The second-order valence-corrected chi connectivity index (χ2v) is 5.36. The zero-order valence-electron chi connectivity index (χ0n) is 12.4. The zero-order valence-corrected chi connectivity index (χ0v) is 14.0. The lowest BCUT2D eigenvalue weighted by atomic mass is 10.2. The van der Waals surface area contributed by atoms with Crippen molar-refractivity contribution < 1.29 is 14.3 Å². The van der Waals surface area contributed by atoms with Crippen molar-refractivity contribution in [2.75, 3.05) is 20.2 Å². The summed E-state index contributed by atoms with van der Waals surface area (Å²) in [5, 5.41) is 5.37. The molecule has 120 valence electrons. The molecule has 0 bridgehead atoms. The Bertz CT molecular complexity index is 694. The molecule has 2 N–H and O–H groups in total. The van der Waals surface area contributed by atoms with Crippen LogP contribution < -0.4 is 15.4 Å². The minimum atomic E-state index is -0.340. The highest BCUT2D eigenvalue weighted by molar-refractivity contribution is 9.10. The van der Waals surface area contributed by atoms with Gasteiger partial charge in [-0.15, -0.1) is 0 Å². The summed E-state index contributed by atoms with van der Waals surface area (Å²) in [6, 6.07) is 5.16. The Labute approximate surface area is 141 Å². The summed E-state index contributed by atoms with van der Waals surface area (Å²) in [4.78, 5) is 31.6. The number of methoxy groups -OCH3 is 1. The van der Waals surface area contributed by atoms with E-state index < -0.39 is 0 Å². The van der Waals surface area contributed by atoms with E-state index in [1.54, 1.807) is 18.2 Å². The molecule has 0 aliphatic rings. The smallest absolute Gasteiger partial charge is 0.271 e. The average Bonchev–Trinajstić information content (AvgIpc) is 2.59. The van der Waals surface area contributed by atoms with Gasteiger partial charge in [0.15, 0.2) is 0 Å². The first-order valence-corrected chi connectivity index (χ1v) is 7.57. The van der Waals surface area contributed by atoms with Crippen molar-refractivity contribution >= 4 is 27.7 Å². The molecule has 2 rings (SSSR count). The Morgan fingerprint density at radius 1 is 1.17 bits per heavy atom. The summed E-state index contributed by atoms with van der Waals surface area (Å²) in [5.41, 5.74) is 0.648. The molecule has 7 nitrogen and oxygen atoms in total. The molecule has 23 heavy (non-hydrogen) atoms. The minimum absolute atomic E-state index is 0.229. The molecule has 0 radical (unpaired) electrons. The molecule has 0 saturated carbocycles. The van der Waals surface area contributed by atoms with E-state index in [-0.39, 0.29) is 30.6 Å². The number of hydrogen-bond acceptors (Lipinski definition) is 5. The first kappa shape index (κ1) is 16.9. The number of nitrogens with one attached hydrogen (secondary N) is 2.